The van der Waals surface area contributed by atoms with E-state index in [0.717, 1.165) is 62.7 Å². The van der Waals surface area contributed by atoms with Crippen LogP contribution in [0.15, 0.2) is 106 Å². The normalized spacial score (nSPS) is 27.5. The number of nitrogens with one attached hydrogen (secondary N) is 1. The minimum Gasteiger partial charge on any atom is -0.508 e. The summed E-state index contributed by atoms with van der Waals surface area (Å²) in [5.41, 5.74) is 11.3. The van der Waals surface area contributed by atoms with Crippen molar-refractivity contribution < 1.29 is 54.8 Å². The van der Waals surface area contributed by atoms with Gasteiger partial charge in [-0.2, -0.15) is 0 Å². The quantitative estimate of drug-likeness (QED) is 0.0676. The molecule has 7 aromatic carbocycles. The Hall–Kier alpha value is -5.42. The lowest BCUT2D eigenvalue weighted by Gasteiger charge is -2.49. The fourth-order valence-corrected chi connectivity index (χ4v) is 26.8. The van der Waals surface area contributed by atoms with Crippen LogP contribution in [-0.4, -0.2) is 107 Å². The zero-order chi connectivity index (χ0) is 66.7. The number of carbonyl (C=O) groups excluding carboxylic acids is 1. The predicted molar refractivity (Wildman–Crippen MR) is 395 cm³/mol. The molecule has 21 bridgehead atoms. The number of piperidine rings is 1. The van der Waals surface area contributed by atoms with Crippen LogP contribution in [0.5, 0.6) is 28.7 Å². The van der Waals surface area contributed by atoms with E-state index in [0.29, 0.717) is 113 Å². The molecular formula is C78H81NO12S6. The molecule has 2 fully saturated rings. The molecule has 2 aliphatic carbocycles. The van der Waals surface area contributed by atoms with Gasteiger partial charge in [-0.25, -0.2) is 0 Å². The molecule has 11 aliphatic heterocycles. The molecule has 9 N–H and O–H groups in total. The number of phenolic OH excluding ortho intramolecular Hbond substituents is 3. The number of fused-ring (bicyclic) bond motifs is 4. The van der Waals surface area contributed by atoms with Crippen molar-refractivity contribution in [2.45, 2.75) is 161 Å². The number of hydrogen-bond donors (Lipinski definition) is 9. The zero-order valence-electron chi connectivity index (χ0n) is 54.3. The van der Waals surface area contributed by atoms with Crippen molar-refractivity contribution in [1.29, 1.82) is 0 Å². The first-order valence-electron chi connectivity index (χ1n) is 34.5. The average Bonchev–Trinajstić information content (AvgIpc) is 0.893. The van der Waals surface area contributed by atoms with Gasteiger partial charge in [0.05, 0.1) is 28.4 Å². The van der Waals surface area contributed by atoms with Crippen LogP contribution in [0.4, 0.5) is 0 Å². The zero-order valence-corrected chi connectivity index (χ0v) is 59.2. The molecule has 12 atom stereocenters. The second-order valence-electron chi connectivity index (χ2n) is 28.8. The molecular weight excluding hydrogens is 1340 g/mol. The van der Waals surface area contributed by atoms with Crippen molar-refractivity contribution in [2.75, 3.05) is 30.5 Å². The molecule has 21 rings (SSSR count). The Morgan fingerprint density at radius 3 is 2.36 bits per heavy atom. The standard InChI is InChI=1S/C78H81NO12S6/c1-38(2)21-48-29-52-56-36-95-96-65-30-47-24-39-7-3-9-42(22-39)55(35-93-94-37-58(47)79-71(65)45-10-4-8-40(23-45)25-51(56)72(48)86)61(84)27-41-13-14-46(60(83)26-41)34-78-57-16-15-44-28-43(11-5-18-80)49(17-19-81)50-31-53-67(69(57)66(44)50)54(77(78)89)32-63(59(82)12-6-20-92-97-78)90-76-68(53)62(85)33-64-70(76)73(87)74(88)75(52)91-64/h3-4,7-10,13-16,22-23,26,29,31,33,38,43,47,49,54-55,58-59,63,65,71,77,79-83,85-86,88-89H,5-6,11-12,17-21,24-25,27-28,30,32,34-37H2,1-2H3. The van der Waals surface area contributed by atoms with E-state index in [9.17, 15) is 40.9 Å². The molecule has 0 saturated carbocycles. The molecule has 8 aromatic rings. The number of ketones is 1. The summed E-state index contributed by atoms with van der Waals surface area (Å²) in [5.74, 6) is 0.391. The second kappa shape index (κ2) is 26.8. The van der Waals surface area contributed by atoms with Crippen LogP contribution in [0, 0.1) is 17.8 Å². The van der Waals surface area contributed by atoms with Crippen molar-refractivity contribution in [3.8, 4) is 51.2 Å². The van der Waals surface area contributed by atoms with Crippen molar-refractivity contribution in [3.05, 3.63) is 180 Å². The summed E-state index contributed by atoms with van der Waals surface area (Å²) in [5, 5.41) is 106. The van der Waals surface area contributed by atoms with Crippen LogP contribution in [0.3, 0.4) is 0 Å². The molecule has 13 aliphatic rings. The number of aliphatic hydroxyl groups excluding tert-OH is 4. The van der Waals surface area contributed by atoms with Gasteiger partial charge in [0.15, 0.2) is 5.76 Å². The Labute approximate surface area is 588 Å². The highest BCUT2D eigenvalue weighted by Gasteiger charge is 2.54. The molecule has 1 aromatic heterocycles. The Balaban J connectivity index is 0.969. The summed E-state index contributed by atoms with van der Waals surface area (Å²) < 4.78 is 13.1. The summed E-state index contributed by atoms with van der Waals surface area (Å²) in [7, 11) is 10.2. The van der Waals surface area contributed by atoms with Crippen LogP contribution in [0.1, 0.15) is 155 Å². The third kappa shape index (κ3) is 11.7. The Morgan fingerprint density at radius 2 is 1.54 bits per heavy atom. The summed E-state index contributed by atoms with van der Waals surface area (Å²) >= 11 is 0. The maximum absolute atomic E-state index is 16.1. The number of hydrogen-bond acceptors (Lipinski definition) is 19. The SMILES string of the molecule is CC(C)Cc1cc2c3c(c1O)Cc1cccc(c1)C1NC4CSSCC(C(=O)Cc5ccc(c(O)c5)CC56SSCCCC(O)C7CC(c8c(cc9c%10c(ccc5c8%10)CC(CCCO)C9CCO)-c5c(O)cc8oc-2c(O)c(=O)c8c5O7)C6O)c2cccc(c2)CC4CC1SSC3. The smallest absolute Gasteiger partial charge is 0.238 e. The van der Waals surface area contributed by atoms with Gasteiger partial charge in [0.1, 0.15) is 45.9 Å². The van der Waals surface area contributed by atoms with Crippen molar-refractivity contribution in [1.82, 2.24) is 5.32 Å². The molecule has 19 heteroatoms. The van der Waals surface area contributed by atoms with Crippen LogP contribution in [0.2, 0.25) is 0 Å². The van der Waals surface area contributed by atoms with E-state index in [1.807, 2.05) is 29.0 Å². The van der Waals surface area contributed by atoms with Gasteiger partial charge in [0, 0.05) is 89.5 Å². The maximum atomic E-state index is 16.1. The van der Waals surface area contributed by atoms with Crippen LogP contribution in [0.25, 0.3) is 44.2 Å². The lowest BCUT2D eigenvalue weighted by molar-refractivity contribution is -0.119. The van der Waals surface area contributed by atoms with E-state index in [1.54, 1.807) is 60.0 Å². The maximum Gasteiger partial charge on any atom is 0.238 e. The first-order valence-corrected chi connectivity index (χ1v) is 41.7. The van der Waals surface area contributed by atoms with Gasteiger partial charge < -0.3 is 55.3 Å². The molecule has 0 radical (unpaired) electrons. The third-order valence-corrected chi connectivity index (χ3v) is 30.9. The van der Waals surface area contributed by atoms with Gasteiger partial charge in [-0.1, -0.05) is 151 Å². The first-order chi connectivity index (χ1) is 47.1. The number of ether oxygens (including phenoxy) is 1. The molecule has 1 spiro atoms. The first kappa shape index (κ1) is 66.1. The summed E-state index contributed by atoms with van der Waals surface area (Å²) in [4.78, 5) is 31.1. The van der Waals surface area contributed by atoms with Crippen LogP contribution >= 0.6 is 64.8 Å². The summed E-state index contributed by atoms with van der Waals surface area (Å²) in [6.45, 7) is 4.05. The van der Waals surface area contributed by atoms with Crippen molar-refractivity contribution >= 4 is 92.3 Å². The predicted octanol–water partition coefficient (Wildman–Crippen LogP) is 15.0. The summed E-state index contributed by atoms with van der Waals surface area (Å²) in [6, 6.07) is 32.6. The lowest BCUT2D eigenvalue weighted by atomic mass is 9.62. The Morgan fingerprint density at radius 1 is 0.732 bits per heavy atom. The second-order valence-corrected chi connectivity index (χ2v) is 36.7. The summed E-state index contributed by atoms with van der Waals surface area (Å²) in [6.07, 6.45) is 2.60. The van der Waals surface area contributed by atoms with Crippen molar-refractivity contribution in [3.63, 3.8) is 0 Å². The van der Waals surface area contributed by atoms with E-state index in [2.05, 4.69) is 85.9 Å². The number of Topliss-reactive ketones (excluding diaryl/α,β-unsaturated/α-hetero) is 1. The number of rotatable bonds is 7. The van der Waals surface area contributed by atoms with E-state index >= 15 is 9.59 Å². The van der Waals surface area contributed by atoms with E-state index < -0.39 is 46.1 Å². The topological polar surface area (TPSA) is 230 Å². The van der Waals surface area contributed by atoms with E-state index in [1.165, 1.54) is 11.6 Å². The molecule has 0 amide bonds. The molecule has 12 heterocycles. The van der Waals surface area contributed by atoms with Crippen LogP contribution < -0.4 is 15.5 Å². The Bertz CT molecular complexity index is 4520. The third-order valence-electron chi connectivity index (χ3n) is 22.4. The van der Waals surface area contributed by atoms with E-state index in [4.69, 9.17) is 9.15 Å². The highest BCUT2D eigenvalue weighted by molar-refractivity contribution is 8.77. The van der Waals surface area contributed by atoms with E-state index in [-0.39, 0.29) is 125 Å². The highest BCUT2D eigenvalue weighted by atomic mass is 33.1. The fraction of sp³-hybridized carbons (Fsp3) is 0.436. The Kier molecular flexibility index (Phi) is 18.3. The molecule has 506 valence electrons. The monoisotopic (exact) mass is 1420 g/mol. The number of aliphatic hydroxyl groups is 4. The lowest BCUT2D eigenvalue weighted by Crippen LogP contribution is -2.50. The minimum absolute atomic E-state index is 0.00176. The van der Waals surface area contributed by atoms with Gasteiger partial charge in [0.25, 0.3) is 0 Å². The van der Waals surface area contributed by atoms with Crippen LogP contribution in [-0.2, 0) is 53.8 Å². The number of phenols is 3. The number of benzene rings is 7. The minimum atomic E-state index is -1.21. The van der Waals surface area contributed by atoms with Gasteiger partial charge in [0.2, 0.25) is 11.2 Å². The van der Waals surface area contributed by atoms with Gasteiger partial charge >= 0.3 is 0 Å². The number of aromatic hydroxyl groups is 4. The molecule has 2 saturated heterocycles. The fourth-order valence-electron chi connectivity index (χ4n) is 17.9. The average molecular weight is 1420 g/mol. The van der Waals surface area contributed by atoms with Gasteiger partial charge in [-0.3, -0.25) is 9.59 Å². The van der Waals surface area contributed by atoms with Crippen molar-refractivity contribution in [2.24, 2.45) is 17.8 Å². The highest BCUT2D eigenvalue weighted by Crippen LogP contribution is 2.65. The molecule has 12 unspecified atom stereocenters. The van der Waals surface area contributed by atoms with Gasteiger partial charge in [-0.05, 0) is 196 Å². The largest absolute Gasteiger partial charge is 0.508 e. The molecule has 13 nitrogen and oxygen atoms in total. The number of carbonyl (C=O) groups is 1. The van der Waals surface area contributed by atoms with Gasteiger partial charge in [-0.15, -0.1) is 0 Å². The molecule has 97 heavy (non-hydrogen) atoms.